The number of benzene rings is 1. The highest BCUT2D eigenvalue weighted by atomic mass is 35.5. The fraction of sp³-hybridized carbons (Fsp3) is 0.571. The molecule has 0 unspecified atom stereocenters. The molecule has 4 nitrogen and oxygen atoms in total. The number of rotatable bonds is 5. The monoisotopic (exact) mass is 316 g/mol. The summed E-state index contributed by atoms with van der Waals surface area (Å²) in [4.78, 5) is 0.167. The molecule has 0 radical (unpaired) electrons. The second kappa shape index (κ2) is 6.78. The van der Waals surface area contributed by atoms with E-state index < -0.39 is 10.0 Å². The Labute approximate surface area is 125 Å². The first-order valence-corrected chi connectivity index (χ1v) is 8.90. The fourth-order valence-electron chi connectivity index (χ4n) is 2.63. The van der Waals surface area contributed by atoms with E-state index in [0.717, 1.165) is 6.42 Å². The molecule has 20 heavy (non-hydrogen) atoms. The minimum absolute atomic E-state index is 0.167. The largest absolute Gasteiger partial charge is 0.398 e. The Hall–Kier alpha value is -0.780. The molecule has 0 saturated heterocycles. The van der Waals surface area contributed by atoms with Crippen molar-refractivity contribution >= 4 is 27.3 Å². The molecule has 0 aromatic heterocycles. The predicted molar refractivity (Wildman–Crippen MR) is 82.2 cm³/mol. The smallest absolute Gasteiger partial charge is 0.240 e. The van der Waals surface area contributed by atoms with E-state index in [1.165, 1.54) is 50.3 Å². The van der Waals surface area contributed by atoms with Gasteiger partial charge in [-0.25, -0.2) is 13.1 Å². The first kappa shape index (κ1) is 15.6. The van der Waals surface area contributed by atoms with Gasteiger partial charge in [-0.15, -0.1) is 0 Å². The Bertz CT molecular complexity index is 554. The van der Waals surface area contributed by atoms with Gasteiger partial charge in [0.15, 0.2) is 0 Å². The molecule has 112 valence electrons. The maximum atomic E-state index is 12.1. The quantitative estimate of drug-likeness (QED) is 0.819. The van der Waals surface area contributed by atoms with Gasteiger partial charge in [0.25, 0.3) is 0 Å². The minimum atomic E-state index is -3.49. The van der Waals surface area contributed by atoms with Crippen molar-refractivity contribution < 1.29 is 8.42 Å². The number of nitrogens with one attached hydrogen (secondary N) is 1. The molecule has 3 N–H and O–H groups in total. The molecule has 2 rings (SSSR count). The van der Waals surface area contributed by atoms with Gasteiger partial charge < -0.3 is 5.73 Å². The summed E-state index contributed by atoms with van der Waals surface area (Å²) in [6.07, 6.45) is 7.19. The van der Waals surface area contributed by atoms with Crippen molar-refractivity contribution in [1.29, 1.82) is 0 Å². The Morgan fingerprint density at radius 3 is 2.60 bits per heavy atom. The topological polar surface area (TPSA) is 72.2 Å². The van der Waals surface area contributed by atoms with Gasteiger partial charge in [-0.05, 0) is 30.5 Å². The van der Waals surface area contributed by atoms with Crippen LogP contribution in [0.1, 0.15) is 38.5 Å². The van der Waals surface area contributed by atoms with Crippen molar-refractivity contribution in [2.24, 2.45) is 5.92 Å². The minimum Gasteiger partial charge on any atom is -0.398 e. The summed E-state index contributed by atoms with van der Waals surface area (Å²) in [5, 5.41) is 0.264. The standard InChI is InChI=1S/C14H21ClN2O2S/c15-13-10-12(6-7-14(13)16)20(18,19)17-9-8-11-4-2-1-3-5-11/h6-7,10-11,17H,1-5,8-9,16H2. The van der Waals surface area contributed by atoms with Gasteiger partial charge >= 0.3 is 0 Å². The molecule has 0 amide bonds. The van der Waals surface area contributed by atoms with Crippen LogP contribution in [-0.4, -0.2) is 15.0 Å². The number of hydrogen-bond acceptors (Lipinski definition) is 3. The lowest BCUT2D eigenvalue weighted by molar-refractivity contribution is 0.339. The maximum absolute atomic E-state index is 12.1. The summed E-state index contributed by atoms with van der Waals surface area (Å²) < 4.78 is 26.9. The van der Waals surface area contributed by atoms with Crippen molar-refractivity contribution in [2.75, 3.05) is 12.3 Å². The molecular formula is C14H21ClN2O2S. The van der Waals surface area contributed by atoms with Crippen LogP contribution in [0.3, 0.4) is 0 Å². The van der Waals surface area contributed by atoms with Crippen molar-refractivity contribution in [3.8, 4) is 0 Å². The Kier molecular flexibility index (Phi) is 5.29. The lowest BCUT2D eigenvalue weighted by Gasteiger charge is -2.21. The second-order valence-electron chi connectivity index (χ2n) is 5.37. The molecule has 1 saturated carbocycles. The summed E-state index contributed by atoms with van der Waals surface area (Å²) in [7, 11) is -3.49. The van der Waals surface area contributed by atoms with Crippen LogP contribution in [0.4, 0.5) is 5.69 Å². The van der Waals surface area contributed by atoms with Crippen LogP contribution in [0.5, 0.6) is 0 Å². The number of hydrogen-bond donors (Lipinski definition) is 2. The van der Waals surface area contributed by atoms with E-state index in [4.69, 9.17) is 17.3 Å². The van der Waals surface area contributed by atoms with Gasteiger partial charge in [0, 0.05) is 6.54 Å². The summed E-state index contributed by atoms with van der Waals surface area (Å²) in [5.41, 5.74) is 5.96. The highest BCUT2D eigenvalue weighted by Gasteiger charge is 2.17. The Balaban J connectivity index is 1.91. The molecular weight excluding hydrogens is 296 g/mol. The fourth-order valence-corrected chi connectivity index (χ4v) is 3.95. The molecule has 0 atom stereocenters. The lowest BCUT2D eigenvalue weighted by Crippen LogP contribution is -2.26. The third-order valence-corrected chi connectivity index (χ3v) is 5.64. The third-order valence-electron chi connectivity index (χ3n) is 3.85. The number of nitrogen functional groups attached to an aromatic ring is 1. The number of nitrogens with two attached hydrogens (primary N) is 1. The van der Waals surface area contributed by atoms with Crippen LogP contribution in [0.2, 0.25) is 5.02 Å². The Morgan fingerprint density at radius 1 is 1.25 bits per heavy atom. The van der Waals surface area contributed by atoms with Gasteiger partial charge in [-0.3, -0.25) is 0 Å². The molecule has 1 aromatic carbocycles. The van der Waals surface area contributed by atoms with E-state index in [1.54, 1.807) is 0 Å². The van der Waals surface area contributed by atoms with Crippen molar-refractivity contribution in [2.45, 2.75) is 43.4 Å². The summed E-state index contributed by atoms with van der Waals surface area (Å²) in [5.74, 6) is 0.654. The summed E-state index contributed by atoms with van der Waals surface area (Å²) >= 11 is 5.86. The summed E-state index contributed by atoms with van der Waals surface area (Å²) in [6.45, 7) is 0.481. The van der Waals surface area contributed by atoms with E-state index in [2.05, 4.69) is 4.72 Å². The van der Waals surface area contributed by atoms with Crippen molar-refractivity contribution in [3.63, 3.8) is 0 Å². The highest BCUT2D eigenvalue weighted by Crippen LogP contribution is 2.26. The van der Waals surface area contributed by atoms with E-state index >= 15 is 0 Å². The first-order chi connectivity index (χ1) is 9.49. The van der Waals surface area contributed by atoms with Gasteiger partial charge in [0.05, 0.1) is 15.6 Å². The van der Waals surface area contributed by atoms with Crippen LogP contribution in [0.15, 0.2) is 23.1 Å². The van der Waals surface area contributed by atoms with Crippen LogP contribution in [-0.2, 0) is 10.0 Å². The maximum Gasteiger partial charge on any atom is 0.240 e. The number of sulfonamides is 1. The molecule has 6 heteroatoms. The molecule has 1 fully saturated rings. The Morgan fingerprint density at radius 2 is 1.95 bits per heavy atom. The average Bonchev–Trinajstić information content (AvgIpc) is 2.43. The molecule has 1 aliphatic carbocycles. The predicted octanol–water partition coefficient (Wildman–Crippen LogP) is 3.17. The van der Waals surface area contributed by atoms with Crippen LogP contribution in [0, 0.1) is 5.92 Å². The molecule has 0 heterocycles. The van der Waals surface area contributed by atoms with Gasteiger partial charge in [0.2, 0.25) is 10.0 Å². The lowest BCUT2D eigenvalue weighted by atomic mass is 9.87. The van der Waals surface area contributed by atoms with E-state index in [1.807, 2.05) is 0 Å². The van der Waals surface area contributed by atoms with Crippen LogP contribution < -0.4 is 10.5 Å². The van der Waals surface area contributed by atoms with Crippen LogP contribution in [0.25, 0.3) is 0 Å². The molecule has 0 spiro atoms. The third kappa shape index (κ3) is 4.11. The van der Waals surface area contributed by atoms with Gasteiger partial charge in [0.1, 0.15) is 0 Å². The average molecular weight is 317 g/mol. The molecule has 0 aliphatic heterocycles. The number of anilines is 1. The normalized spacial score (nSPS) is 17.2. The molecule has 1 aromatic rings. The van der Waals surface area contributed by atoms with Crippen molar-refractivity contribution in [3.05, 3.63) is 23.2 Å². The zero-order valence-electron chi connectivity index (χ0n) is 11.4. The van der Waals surface area contributed by atoms with E-state index in [9.17, 15) is 8.42 Å². The second-order valence-corrected chi connectivity index (χ2v) is 7.55. The first-order valence-electron chi connectivity index (χ1n) is 7.04. The van der Waals surface area contributed by atoms with Gasteiger partial charge in [-0.2, -0.15) is 0 Å². The zero-order chi connectivity index (χ0) is 14.6. The van der Waals surface area contributed by atoms with E-state index in [-0.39, 0.29) is 9.92 Å². The molecule has 0 bridgehead atoms. The van der Waals surface area contributed by atoms with Crippen LogP contribution >= 0.6 is 11.6 Å². The van der Waals surface area contributed by atoms with E-state index in [0.29, 0.717) is 18.2 Å². The SMILES string of the molecule is Nc1ccc(S(=O)(=O)NCCC2CCCCC2)cc1Cl. The molecule has 1 aliphatic rings. The van der Waals surface area contributed by atoms with Crippen molar-refractivity contribution in [1.82, 2.24) is 4.72 Å². The van der Waals surface area contributed by atoms with Gasteiger partial charge in [-0.1, -0.05) is 43.7 Å². The highest BCUT2D eigenvalue weighted by molar-refractivity contribution is 7.89. The zero-order valence-corrected chi connectivity index (χ0v) is 13.0. The number of halogens is 1. The summed E-state index contributed by atoms with van der Waals surface area (Å²) in [6, 6.07) is 4.38.